The first kappa shape index (κ1) is 14.7. The monoisotopic (exact) mass is 264 g/mol. The van der Waals surface area contributed by atoms with E-state index in [0.717, 1.165) is 5.56 Å². The first-order chi connectivity index (χ1) is 9.15. The van der Waals surface area contributed by atoms with E-state index in [1.807, 2.05) is 0 Å². The minimum atomic E-state index is -0.308. The van der Waals surface area contributed by atoms with Gasteiger partial charge in [-0.2, -0.15) is 0 Å². The summed E-state index contributed by atoms with van der Waals surface area (Å²) in [6.45, 7) is 1.88. The predicted octanol–water partition coefficient (Wildman–Crippen LogP) is 0.824. The van der Waals surface area contributed by atoms with E-state index < -0.39 is 0 Å². The van der Waals surface area contributed by atoms with Crippen molar-refractivity contribution < 1.29 is 19.1 Å². The summed E-state index contributed by atoms with van der Waals surface area (Å²) in [5.74, 6) is -0.561. The SMILES string of the molecule is CCC(=O)OCc1ccc(NC(=O)CNC=O)cc1. The summed E-state index contributed by atoms with van der Waals surface area (Å²) in [5.41, 5.74) is 1.45. The number of amides is 2. The number of carbonyl (C=O) groups excluding carboxylic acids is 3. The van der Waals surface area contributed by atoms with Crippen molar-refractivity contribution in [3.63, 3.8) is 0 Å². The standard InChI is InChI=1S/C13H16N2O4/c1-2-13(18)19-8-10-3-5-11(6-4-10)15-12(17)7-14-9-16/h3-6,9H,2,7-8H2,1H3,(H,14,16)(H,15,17). The highest BCUT2D eigenvalue weighted by molar-refractivity contribution is 5.93. The van der Waals surface area contributed by atoms with Gasteiger partial charge in [0.2, 0.25) is 12.3 Å². The second-order valence-electron chi connectivity index (χ2n) is 3.76. The predicted molar refractivity (Wildman–Crippen MR) is 69.2 cm³/mol. The van der Waals surface area contributed by atoms with Crippen molar-refractivity contribution in [3.8, 4) is 0 Å². The minimum Gasteiger partial charge on any atom is -0.461 e. The summed E-state index contributed by atoms with van der Waals surface area (Å²) >= 11 is 0. The van der Waals surface area contributed by atoms with Gasteiger partial charge in [-0.1, -0.05) is 19.1 Å². The molecule has 0 saturated carbocycles. The maximum Gasteiger partial charge on any atom is 0.305 e. The molecule has 0 unspecified atom stereocenters. The van der Waals surface area contributed by atoms with Gasteiger partial charge in [-0.3, -0.25) is 14.4 Å². The third-order valence-electron chi connectivity index (χ3n) is 2.27. The zero-order chi connectivity index (χ0) is 14.1. The Hall–Kier alpha value is -2.37. The molecule has 6 nitrogen and oxygen atoms in total. The summed E-state index contributed by atoms with van der Waals surface area (Å²) < 4.78 is 4.98. The van der Waals surface area contributed by atoms with Gasteiger partial charge < -0.3 is 15.4 Å². The van der Waals surface area contributed by atoms with Crippen LogP contribution in [-0.2, 0) is 25.7 Å². The lowest BCUT2D eigenvalue weighted by Crippen LogP contribution is -2.26. The van der Waals surface area contributed by atoms with E-state index in [1.165, 1.54) is 0 Å². The molecule has 0 atom stereocenters. The van der Waals surface area contributed by atoms with Crippen molar-refractivity contribution in [3.05, 3.63) is 29.8 Å². The highest BCUT2D eigenvalue weighted by Crippen LogP contribution is 2.10. The highest BCUT2D eigenvalue weighted by Gasteiger charge is 2.02. The average Bonchev–Trinajstić information content (AvgIpc) is 2.44. The van der Waals surface area contributed by atoms with E-state index >= 15 is 0 Å². The molecule has 1 aromatic rings. The van der Waals surface area contributed by atoms with E-state index in [1.54, 1.807) is 31.2 Å². The van der Waals surface area contributed by atoms with Crippen LogP contribution in [0.2, 0.25) is 0 Å². The molecule has 0 radical (unpaired) electrons. The molecule has 2 N–H and O–H groups in total. The Kier molecular flexibility index (Phi) is 6.08. The largest absolute Gasteiger partial charge is 0.461 e. The number of hydrogen-bond acceptors (Lipinski definition) is 4. The summed E-state index contributed by atoms with van der Waals surface area (Å²) in [5, 5.41) is 4.88. The average molecular weight is 264 g/mol. The summed E-state index contributed by atoms with van der Waals surface area (Å²) in [7, 11) is 0. The molecule has 2 amide bonds. The van der Waals surface area contributed by atoms with Gasteiger partial charge in [0.25, 0.3) is 0 Å². The van der Waals surface area contributed by atoms with Gasteiger partial charge in [0.15, 0.2) is 0 Å². The van der Waals surface area contributed by atoms with Gasteiger partial charge in [0.1, 0.15) is 6.61 Å². The van der Waals surface area contributed by atoms with Crippen LogP contribution >= 0.6 is 0 Å². The Bertz CT molecular complexity index is 442. The normalized spacial score (nSPS) is 9.53. The van der Waals surface area contributed by atoms with Crippen molar-refractivity contribution in [1.82, 2.24) is 5.32 Å². The molecule has 0 aliphatic rings. The molecule has 0 spiro atoms. The molecule has 1 rings (SSSR count). The number of anilines is 1. The van der Waals surface area contributed by atoms with Gasteiger partial charge in [-0.25, -0.2) is 0 Å². The second-order valence-corrected chi connectivity index (χ2v) is 3.76. The van der Waals surface area contributed by atoms with Crippen LogP contribution in [0, 0.1) is 0 Å². The number of carbonyl (C=O) groups is 3. The fourth-order valence-corrected chi connectivity index (χ4v) is 1.29. The van der Waals surface area contributed by atoms with E-state index in [2.05, 4.69) is 10.6 Å². The van der Waals surface area contributed by atoms with Crippen molar-refractivity contribution in [2.75, 3.05) is 11.9 Å². The maximum atomic E-state index is 11.3. The Morgan fingerprint density at radius 3 is 2.53 bits per heavy atom. The molecule has 0 aromatic heterocycles. The topological polar surface area (TPSA) is 84.5 Å². The number of hydrogen-bond donors (Lipinski definition) is 2. The lowest BCUT2D eigenvalue weighted by molar-refractivity contribution is -0.144. The zero-order valence-corrected chi connectivity index (χ0v) is 10.6. The molecule has 0 saturated heterocycles. The summed E-state index contributed by atoms with van der Waals surface area (Å²) in [6.07, 6.45) is 0.808. The van der Waals surface area contributed by atoms with E-state index in [9.17, 15) is 14.4 Å². The van der Waals surface area contributed by atoms with Gasteiger partial charge in [0.05, 0.1) is 6.54 Å². The molecule has 0 bridgehead atoms. The van der Waals surface area contributed by atoms with Crippen LogP contribution in [0.4, 0.5) is 5.69 Å². The Morgan fingerprint density at radius 2 is 1.95 bits per heavy atom. The van der Waals surface area contributed by atoms with E-state index in [-0.39, 0.29) is 25.0 Å². The Labute approximate surface area is 111 Å². The maximum absolute atomic E-state index is 11.3. The number of benzene rings is 1. The zero-order valence-electron chi connectivity index (χ0n) is 10.6. The lowest BCUT2D eigenvalue weighted by Gasteiger charge is -2.07. The van der Waals surface area contributed by atoms with E-state index in [4.69, 9.17) is 4.74 Å². The van der Waals surface area contributed by atoms with Crippen LogP contribution in [0.25, 0.3) is 0 Å². The molecule has 102 valence electrons. The molecule has 1 aromatic carbocycles. The third-order valence-corrected chi connectivity index (χ3v) is 2.27. The first-order valence-electron chi connectivity index (χ1n) is 5.87. The summed E-state index contributed by atoms with van der Waals surface area (Å²) in [4.78, 5) is 32.3. The fourth-order valence-electron chi connectivity index (χ4n) is 1.29. The quantitative estimate of drug-likeness (QED) is 0.564. The van der Waals surface area contributed by atoms with Gasteiger partial charge in [-0.05, 0) is 17.7 Å². The summed E-state index contributed by atoms with van der Waals surface area (Å²) in [6, 6.07) is 6.92. The number of rotatable bonds is 7. The van der Waals surface area contributed by atoms with E-state index in [0.29, 0.717) is 18.5 Å². The van der Waals surface area contributed by atoms with Crippen molar-refractivity contribution in [2.24, 2.45) is 0 Å². The Balaban J connectivity index is 2.45. The van der Waals surface area contributed by atoms with Crippen LogP contribution in [0.5, 0.6) is 0 Å². The van der Waals surface area contributed by atoms with Crippen LogP contribution in [0.1, 0.15) is 18.9 Å². The van der Waals surface area contributed by atoms with Crippen LogP contribution < -0.4 is 10.6 Å². The first-order valence-corrected chi connectivity index (χ1v) is 5.87. The van der Waals surface area contributed by atoms with Gasteiger partial charge in [0, 0.05) is 12.1 Å². The van der Waals surface area contributed by atoms with Crippen molar-refractivity contribution in [1.29, 1.82) is 0 Å². The lowest BCUT2D eigenvalue weighted by atomic mass is 10.2. The third kappa shape index (κ3) is 5.67. The Morgan fingerprint density at radius 1 is 1.26 bits per heavy atom. The number of esters is 1. The molecule has 19 heavy (non-hydrogen) atoms. The molecule has 6 heteroatoms. The number of ether oxygens (including phenoxy) is 1. The van der Waals surface area contributed by atoms with Crippen LogP contribution in [0.3, 0.4) is 0 Å². The molecule has 0 fully saturated rings. The van der Waals surface area contributed by atoms with Crippen molar-refractivity contribution in [2.45, 2.75) is 20.0 Å². The second kappa shape index (κ2) is 7.86. The van der Waals surface area contributed by atoms with Crippen molar-refractivity contribution >= 4 is 24.0 Å². The molecule has 0 heterocycles. The highest BCUT2D eigenvalue weighted by atomic mass is 16.5. The van der Waals surface area contributed by atoms with Crippen LogP contribution in [-0.4, -0.2) is 24.8 Å². The molecule has 0 aliphatic carbocycles. The minimum absolute atomic E-state index is 0.0701. The smallest absolute Gasteiger partial charge is 0.305 e. The van der Waals surface area contributed by atoms with Gasteiger partial charge >= 0.3 is 5.97 Å². The molecular formula is C13H16N2O4. The van der Waals surface area contributed by atoms with Gasteiger partial charge in [-0.15, -0.1) is 0 Å². The molecule has 0 aliphatic heterocycles. The fraction of sp³-hybridized carbons (Fsp3) is 0.308. The molecular weight excluding hydrogens is 248 g/mol. The van der Waals surface area contributed by atoms with Crippen LogP contribution in [0.15, 0.2) is 24.3 Å². The number of nitrogens with one attached hydrogen (secondary N) is 2.